The second kappa shape index (κ2) is 4.43. The monoisotopic (exact) mass is 188 g/mol. The van der Waals surface area contributed by atoms with E-state index in [0.717, 1.165) is 25.7 Å². The first-order chi connectivity index (χ1) is 6.90. The number of rotatable bonds is 4. The number of fused-ring (bicyclic) bond motifs is 1. The molecule has 1 heteroatoms. The molecule has 0 saturated carbocycles. The predicted octanol–water partition coefficient (Wildman–Crippen LogP) is 2.57. The molecule has 0 heterocycles. The zero-order chi connectivity index (χ0) is 9.80. The molecule has 0 unspecified atom stereocenters. The summed E-state index contributed by atoms with van der Waals surface area (Å²) in [5, 5.41) is 8.69. The van der Waals surface area contributed by atoms with Crippen LogP contribution in [0.15, 0.2) is 24.3 Å². The molecule has 1 aromatic rings. The summed E-state index contributed by atoms with van der Waals surface area (Å²) in [7, 11) is 0. The highest BCUT2D eigenvalue weighted by molar-refractivity contribution is 5.60. The van der Waals surface area contributed by atoms with Crippen molar-refractivity contribution in [1.82, 2.24) is 0 Å². The van der Waals surface area contributed by atoms with E-state index < -0.39 is 0 Å². The van der Waals surface area contributed by atoms with E-state index in [1.165, 1.54) is 16.7 Å². The average Bonchev–Trinajstić information content (AvgIpc) is 2.65. The minimum Gasteiger partial charge on any atom is -0.396 e. The molecule has 0 saturated heterocycles. The van der Waals surface area contributed by atoms with Crippen molar-refractivity contribution in [2.75, 3.05) is 6.61 Å². The molecule has 74 valence electrons. The van der Waals surface area contributed by atoms with Crippen LogP contribution >= 0.6 is 0 Å². The number of hydrogen-bond acceptors (Lipinski definition) is 1. The number of allylic oxidation sites excluding steroid dienone is 1. The second-order valence-electron chi connectivity index (χ2n) is 3.82. The van der Waals surface area contributed by atoms with Crippen LogP contribution in [0.1, 0.15) is 29.5 Å². The van der Waals surface area contributed by atoms with Crippen molar-refractivity contribution in [1.29, 1.82) is 0 Å². The minimum atomic E-state index is 0.310. The molecule has 1 aliphatic rings. The van der Waals surface area contributed by atoms with Crippen LogP contribution in [0.2, 0.25) is 0 Å². The van der Waals surface area contributed by atoms with Gasteiger partial charge in [0, 0.05) is 6.61 Å². The molecule has 0 spiro atoms. The lowest BCUT2D eigenvalue weighted by atomic mass is 10.0. The maximum Gasteiger partial charge on any atom is 0.0431 e. The van der Waals surface area contributed by atoms with Crippen LogP contribution in [0.5, 0.6) is 0 Å². The van der Waals surface area contributed by atoms with Crippen molar-refractivity contribution in [3.05, 3.63) is 41.0 Å². The summed E-state index contributed by atoms with van der Waals surface area (Å²) >= 11 is 0. The SMILES string of the molecule is OCCCCc1ccc2c(c1)C=CC2. The van der Waals surface area contributed by atoms with Gasteiger partial charge in [-0.1, -0.05) is 30.4 Å². The number of aliphatic hydroxyl groups excluding tert-OH is 1. The Hall–Kier alpha value is -1.08. The van der Waals surface area contributed by atoms with Gasteiger partial charge in [-0.2, -0.15) is 0 Å². The fraction of sp³-hybridized carbons (Fsp3) is 0.385. The van der Waals surface area contributed by atoms with Gasteiger partial charge in [-0.05, 0) is 42.4 Å². The van der Waals surface area contributed by atoms with E-state index in [2.05, 4.69) is 30.4 Å². The maximum atomic E-state index is 8.69. The molecule has 0 amide bonds. The lowest BCUT2D eigenvalue weighted by Crippen LogP contribution is -1.90. The smallest absolute Gasteiger partial charge is 0.0431 e. The molecule has 0 fully saturated rings. The van der Waals surface area contributed by atoms with Crippen molar-refractivity contribution in [2.24, 2.45) is 0 Å². The molecule has 2 rings (SSSR count). The summed E-state index contributed by atoms with van der Waals surface area (Å²) < 4.78 is 0. The Morgan fingerprint density at radius 3 is 3.00 bits per heavy atom. The van der Waals surface area contributed by atoms with E-state index in [1.807, 2.05) is 0 Å². The van der Waals surface area contributed by atoms with Gasteiger partial charge in [0.1, 0.15) is 0 Å². The van der Waals surface area contributed by atoms with Crippen molar-refractivity contribution < 1.29 is 5.11 Å². The van der Waals surface area contributed by atoms with Gasteiger partial charge in [0.05, 0.1) is 0 Å². The topological polar surface area (TPSA) is 20.2 Å². The van der Waals surface area contributed by atoms with Crippen LogP contribution in [0, 0.1) is 0 Å². The van der Waals surface area contributed by atoms with E-state index in [9.17, 15) is 0 Å². The van der Waals surface area contributed by atoms with Gasteiger partial charge in [-0.15, -0.1) is 0 Å². The number of hydrogen-bond donors (Lipinski definition) is 1. The molecule has 0 bridgehead atoms. The van der Waals surface area contributed by atoms with Crippen molar-refractivity contribution in [3.63, 3.8) is 0 Å². The van der Waals surface area contributed by atoms with Crippen LogP contribution in [0.3, 0.4) is 0 Å². The maximum absolute atomic E-state index is 8.69. The Balaban J connectivity index is 2.01. The minimum absolute atomic E-state index is 0.310. The van der Waals surface area contributed by atoms with E-state index >= 15 is 0 Å². The van der Waals surface area contributed by atoms with E-state index in [1.54, 1.807) is 0 Å². The van der Waals surface area contributed by atoms with Crippen LogP contribution in [0.4, 0.5) is 0 Å². The quantitative estimate of drug-likeness (QED) is 0.720. The summed E-state index contributed by atoms with van der Waals surface area (Å²) in [5.74, 6) is 0. The van der Waals surface area contributed by atoms with Gasteiger partial charge < -0.3 is 5.11 Å². The predicted molar refractivity (Wildman–Crippen MR) is 59.2 cm³/mol. The Kier molecular flexibility index (Phi) is 3.00. The number of aliphatic hydroxyl groups is 1. The molecular formula is C13H16O. The van der Waals surface area contributed by atoms with E-state index in [4.69, 9.17) is 5.11 Å². The summed E-state index contributed by atoms with van der Waals surface area (Å²) in [5.41, 5.74) is 4.21. The molecule has 0 aromatic heterocycles. The van der Waals surface area contributed by atoms with Crippen molar-refractivity contribution in [3.8, 4) is 0 Å². The molecule has 0 atom stereocenters. The number of unbranched alkanes of at least 4 members (excludes halogenated alkanes) is 1. The Morgan fingerprint density at radius 1 is 1.21 bits per heavy atom. The molecule has 0 radical (unpaired) electrons. The summed E-state index contributed by atoms with van der Waals surface area (Å²) in [6.07, 6.45) is 8.58. The van der Waals surface area contributed by atoms with Crippen LogP contribution in [0.25, 0.3) is 6.08 Å². The lowest BCUT2D eigenvalue weighted by Gasteiger charge is -2.03. The molecule has 14 heavy (non-hydrogen) atoms. The van der Waals surface area contributed by atoms with Crippen LogP contribution in [-0.2, 0) is 12.8 Å². The fourth-order valence-electron chi connectivity index (χ4n) is 1.89. The molecule has 1 N–H and O–H groups in total. The van der Waals surface area contributed by atoms with Crippen molar-refractivity contribution in [2.45, 2.75) is 25.7 Å². The summed E-state index contributed by atoms with van der Waals surface area (Å²) in [6, 6.07) is 6.71. The number of benzene rings is 1. The summed E-state index contributed by atoms with van der Waals surface area (Å²) in [4.78, 5) is 0. The van der Waals surface area contributed by atoms with E-state index in [0.29, 0.717) is 6.61 Å². The van der Waals surface area contributed by atoms with Gasteiger partial charge in [-0.3, -0.25) is 0 Å². The zero-order valence-electron chi connectivity index (χ0n) is 8.37. The number of aryl methyl sites for hydroxylation is 1. The standard InChI is InChI=1S/C13H16O/c14-9-2-1-4-11-7-8-12-5-3-6-13(12)10-11/h3,6-8,10,14H,1-2,4-5,9H2. The largest absolute Gasteiger partial charge is 0.396 e. The highest BCUT2D eigenvalue weighted by atomic mass is 16.2. The van der Waals surface area contributed by atoms with Gasteiger partial charge in [-0.25, -0.2) is 0 Å². The summed E-state index contributed by atoms with van der Waals surface area (Å²) in [6.45, 7) is 0.310. The Morgan fingerprint density at radius 2 is 2.14 bits per heavy atom. The first-order valence-electron chi connectivity index (χ1n) is 5.29. The van der Waals surface area contributed by atoms with Crippen molar-refractivity contribution >= 4 is 6.08 Å². The van der Waals surface area contributed by atoms with Gasteiger partial charge in [0.15, 0.2) is 0 Å². The molecule has 0 aliphatic heterocycles. The van der Waals surface area contributed by atoms with E-state index in [-0.39, 0.29) is 0 Å². The molecular weight excluding hydrogens is 172 g/mol. The third kappa shape index (κ3) is 2.05. The van der Waals surface area contributed by atoms with Gasteiger partial charge >= 0.3 is 0 Å². The van der Waals surface area contributed by atoms with Gasteiger partial charge in [0.2, 0.25) is 0 Å². The normalized spacial score (nSPS) is 13.2. The lowest BCUT2D eigenvalue weighted by molar-refractivity contribution is 0.284. The highest BCUT2D eigenvalue weighted by Gasteiger charge is 2.04. The Labute approximate surface area is 85.1 Å². The third-order valence-electron chi connectivity index (χ3n) is 2.72. The fourth-order valence-corrected chi connectivity index (χ4v) is 1.89. The second-order valence-corrected chi connectivity index (χ2v) is 3.82. The third-order valence-corrected chi connectivity index (χ3v) is 2.72. The van der Waals surface area contributed by atoms with Gasteiger partial charge in [0.25, 0.3) is 0 Å². The zero-order valence-corrected chi connectivity index (χ0v) is 8.37. The highest BCUT2D eigenvalue weighted by Crippen LogP contribution is 2.21. The molecule has 1 aliphatic carbocycles. The van der Waals surface area contributed by atoms with Crippen LogP contribution < -0.4 is 0 Å². The Bertz CT molecular complexity index is 339. The first kappa shape index (κ1) is 9.47. The average molecular weight is 188 g/mol. The first-order valence-corrected chi connectivity index (χ1v) is 5.29. The van der Waals surface area contributed by atoms with Crippen LogP contribution in [-0.4, -0.2) is 11.7 Å². The molecule has 1 aromatic carbocycles. The molecule has 1 nitrogen and oxygen atoms in total.